The van der Waals surface area contributed by atoms with Crippen molar-refractivity contribution in [2.24, 2.45) is 5.73 Å². The standard InChI is InChI=1S/C24H30N4O2/c1-3-5-22(29)27(2)20-12-13-21-19(16-20)6-4-15-28(21)23(30)14-9-17-7-10-18(11-8-17)24(25)26/h7-8,10-13,16H,3-6,9,14-15H2,1-2H3,(H3,25,26). The first-order chi connectivity index (χ1) is 14.4. The third-order valence-corrected chi connectivity index (χ3v) is 5.60. The van der Waals surface area contributed by atoms with E-state index in [1.165, 1.54) is 0 Å². The van der Waals surface area contributed by atoms with E-state index in [9.17, 15) is 9.59 Å². The maximum absolute atomic E-state index is 12.9. The number of fused-ring (bicyclic) bond motifs is 1. The van der Waals surface area contributed by atoms with E-state index in [0.29, 0.717) is 24.8 Å². The van der Waals surface area contributed by atoms with Crippen LogP contribution >= 0.6 is 0 Å². The van der Waals surface area contributed by atoms with Crippen molar-refractivity contribution in [3.63, 3.8) is 0 Å². The van der Waals surface area contributed by atoms with E-state index < -0.39 is 0 Å². The van der Waals surface area contributed by atoms with Gasteiger partial charge in [0, 0.05) is 43.4 Å². The highest BCUT2D eigenvalue weighted by atomic mass is 16.2. The number of rotatable bonds is 7. The number of carbonyl (C=O) groups excluding carboxylic acids is 2. The molecule has 0 atom stereocenters. The van der Waals surface area contributed by atoms with Crippen LogP contribution in [-0.2, 0) is 22.4 Å². The molecule has 0 spiro atoms. The normalized spacial score (nSPS) is 12.9. The van der Waals surface area contributed by atoms with E-state index in [2.05, 4.69) is 0 Å². The summed E-state index contributed by atoms with van der Waals surface area (Å²) in [4.78, 5) is 28.7. The first-order valence-corrected chi connectivity index (χ1v) is 10.5. The second-order valence-electron chi connectivity index (χ2n) is 7.78. The molecule has 1 aliphatic rings. The molecule has 0 saturated heterocycles. The number of amidine groups is 1. The molecule has 2 aromatic carbocycles. The van der Waals surface area contributed by atoms with E-state index in [-0.39, 0.29) is 17.6 Å². The van der Waals surface area contributed by atoms with E-state index in [1.807, 2.05) is 61.3 Å². The lowest BCUT2D eigenvalue weighted by Gasteiger charge is -2.31. The second-order valence-corrected chi connectivity index (χ2v) is 7.78. The van der Waals surface area contributed by atoms with Crippen molar-refractivity contribution < 1.29 is 9.59 Å². The maximum atomic E-state index is 12.9. The van der Waals surface area contributed by atoms with Crippen molar-refractivity contribution in [2.75, 3.05) is 23.4 Å². The predicted molar refractivity (Wildman–Crippen MR) is 121 cm³/mol. The van der Waals surface area contributed by atoms with Crippen LogP contribution in [0.4, 0.5) is 11.4 Å². The summed E-state index contributed by atoms with van der Waals surface area (Å²) in [5.74, 6) is 0.260. The molecule has 6 heteroatoms. The minimum absolute atomic E-state index is 0.0453. The minimum Gasteiger partial charge on any atom is -0.384 e. The van der Waals surface area contributed by atoms with Crippen LogP contribution in [0.3, 0.4) is 0 Å². The number of benzene rings is 2. The van der Waals surface area contributed by atoms with Crippen LogP contribution < -0.4 is 15.5 Å². The van der Waals surface area contributed by atoms with Gasteiger partial charge in [-0.2, -0.15) is 0 Å². The Bertz CT molecular complexity index is 937. The molecule has 6 nitrogen and oxygen atoms in total. The molecular weight excluding hydrogens is 376 g/mol. The SMILES string of the molecule is CCCC(=O)N(C)c1ccc2c(c1)CCCN2C(=O)CCc1ccc(C(=N)N)cc1. The Balaban J connectivity index is 1.68. The van der Waals surface area contributed by atoms with Crippen molar-refractivity contribution in [1.29, 1.82) is 5.41 Å². The fraction of sp³-hybridized carbons (Fsp3) is 0.375. The Morgan fingerprint density at radius 3 is 2.53 bits per heavy atom. The summed E-state index contributed by atoms with van der Waals surface area (Å²) in [7, 11) is 1.81. The van der Waals surface area contributed by atoms with E-state index in [0.717, 1.165) is 48.3 Å². The van der Waals surface area contributed by atoms with Crippen LogP contribution in [0.5, 0.6) is 0 Å². The molecule has 0 unspecified atom stereocenters. The monoisotopic (exact) mass is 406 g/mol. The summed E-state index contributed by atoms with van der Waals surface area (Å²) < 4.78 is 0. The number of anilines is 2. The highest BCUT2D eigenvalue weighted by Gasteiger charge is 2.23. The number of hydrogen-bond acceptors (Lipinski definition) is 3. The molecule has 3 N–H and O–H groups in total. The van der Waals surface area contributed by atoms with Crippen molar-refractivity contribution in [1.82, 2.24) is 0 Å². The summed E-state index contributed by atoms with van der Waals surface area (Å²) in [6.45, 7) is 2.72. The van der Waals surface area contributed by atoms with Gasteiger partial charge in [0.05, 0.1) is 0 Å². The topological polar surface area (TPSA) is 90.5 Å². The molecule has 158 valence electrons. The average molecular weight is 407 g/mol. The van der Waals surface area contributed by atoms with Crippen LogP contribution in [0, 0.1) is 5.41 Å². The number of nitrogens with zero attached hydrogens (tertiary/aromatic N) is 2. The van der Waals surface area contributed by atoms with Gasteiger partial charge in [-0.1, -0.05) is 31.2 Å². The summed E-state index contributed by atoms with van der Waals surface area (Å²) in [6, 6.07) is 13.4. The maximum Gasteiger partial charge on any atom is 0.227 e. The molecule has 0 fully saturated rings. The van der Waals surface area contributed by atoms with Crippen LogP contribution in [0.15, 0.2) is 42.5 Å². The Labute approximate surface area is 178 Å². The zero-order valence-corrected chi connectivity index (χ0v) is 17.8. The zero-order chi connectivity index (χ0) is 21.7. The van der Waals surface area contributed by atoms with E-state index in [4.69, 9.17) is 11.1 Å². The van der Waals surface area contributed by atoms with Gasteiger partial charge in [0.15, 0.2) is 0 Å². The smallest absolute Gasteiger partial charge is 0.227 e. The first kappa shape index (κ1) is 21.6. The molecule has 2 aromatic rings. The highest BCUT2D eigenvalue weighted by Crippen LogP contribution is 2.31. The van der Waals surface area contributed by atoms with Crippen molar-refractivity contribution in [3.05, 3.63) is 59.2 Å². The molecule has 0 radical (unpaired) electrons. The Kier molecular flexibility index (Phi) is 6.87. The molecule has 1 aliphatic heterocycles. The fourth-order valence-electron chi connectivity index (χ4n) is 3.81. The number of nitrogens with two attached hydrogens (primary N) is 1. The van der Waals surface area contributed by atoms with E-state index >= 15 is 0 Å². The van der Waals surface area contributed by atoms with Gasteiger partial charge in [-0.25, -0.2) is 0 Å². The van der Waals surface area contributed by atoms with Gasteiger partial charge in [-0.3, -0.25) is 15.0 Å². The number of carbonyl (C=O) groups is 2. The van der Waals surface area contributed by atoms with Gasteiger partial charge in [-0.15, -0.1) is 0 Å². The molecular formula is C24H30N4O2. The number of nitrogen functional groups attached to an aromatic ring is 1. The highest BCUT2D eigenvalue weighted by molar-refractivity contribution is 5.97. The second kappa shape index (κ2) is 9.57. The van der Waals surface area contributed by atoms with Gasteiger partial charge in [0.2, 0.25) is 11.8 Å². The number of nitrogens with one attached hydrogen (secondary N) is 1. The fourth-order valence-corrected chi connectivity index (χ4v) is 3.81. The van der Waals surface area contributed by atoms with Crippen LogP contribution in [0.25, 0.3) is 0 Å². The lowest BCUT2D eigenvalue weighted by atomic mass is 9.99. The lowest BCUT2D eigenvalue weighted by Crippen LogP contribution is -2.36. The molecule has 2 amide bonds. The van der Waals surface area contributed by atoms with Crippen molar-refractivity contribution >= 4 is 29.0 Å². The quantitative estimate of drug-likeness (QED) is 0.543. The van der Waals surface area contributed by atoms with Crippen LogP contribution in [0.2, 0.25) is 0 Å². The number of hydrogen-bond donors (Lipinski definition) is 2. The molecule has 0 aliphatic carbocycles. The largest absolute Gasteiger partial charge is 0.384 e. The number of aryl methyl sites for hydroxylation is 2. The molecule has 0 aromatic heterocycles. The van der Waals surface area contributed by atoms with Crippen LogP contribution in [-0.4, -0.2) is 31.2 Å². The van der Waals surface area contributed by atoms with E-state index in [1.54, 1.807) is 4.90 Å². The van der Waals surface area contributed by atoms with Gasteiger partial charge in [0.1, 0.15) is 5.84 Å². The van der Waals surface area contributed by atoms with Gasteiger partial charge in [-0.05, 0) is 55.0 Å². The zero-order valence-electron chi connectivity index (χ0n) is 17.8. The predicted octanol–water partition coefficient (Wildman–Crippen LogP) is 3.65. The minimum atomic E-state index is 0.0453. The Morgan fingerprint density at radius 2 is 1.87 bits per heavy atom. The first-order valence-electron chi connectivity index (χ1n) is 10.5. The third kappa shape index (κ3) is 4.87. The summed E-state index contributed by atoms with van der Waals surface area (Å²) >= 11 is 0. The van der Waals surface area contributed by atoms with Gasteiger partial charge in [0.25, 0.3) is 0 Å². The summed E-state index contributed by atoms with van der Waals surface area (Å²) in [6.07, 6.45) is 4.27. The Morgan fingerprint density at radius 1 is 1.13 bits per heavy atom. The van der Waals surface area contributed by atoms with Gasteiger partial charge >= 0.3 is 0 Å². The average Bonchev–Trinajstić information content (AvgIpc) is 2.76. The van der Waals surface area contributed by atoms with Gasteiger partial charge < -0.3 is 15.5 Å². The molecule has 1 heterocycles. The molecule has 0 saturated carbocycles. The van der Waals surface area contributed by atoms with Crippen molar-refractivity contribution in [3.8, 4) is 0 Å². The van der Waals surface area contributed by atoms with Crippen molar-refractivity contribution in [2.45, 2.75) is 45.4 Å². The molecule has 3 rings (SSSR count). The third-order valence-electron chi connectivity index (χ3n) is 5.60. The summed E-state index contributed by atoms with van der Waals surface area (Å²) in [5.41, 5.74) is 10.2. The lowest BCUT2D eigenvalue weighted by molar-refractivity contribution is -0.119. The molecule has 0 bridgehead atoms. The van der Waals surface area contributed by atoms with Crippen LogP contribution in [0.1, 0.15) is 49.3 Å². The summed E-state index contributed by atoms with van der Waals surface area (Å²) in [5, 5.41) is 7.46. The molecule has 30 heavy (non-hydrogen) atoms. The number of amides is 2. The Hall–Kier alpha value is -3.15.